The van der Waals surface area contributed by atoms with Gasteiger partial charge in [-0.2, -0.15) is 4.31 Å². The van der Waals surface area contributed by atoms with Crippen LogP contribution in [0.25, 0.3) is 0 Å². The molecule has 0 saturated heterocycles. The third-order valence-electron chi connectivity index (χ3n) is 4.88. The van der Waals surface area contributed by atoms with Gasteiger partial charge in [0.2, 0.25) is 15.9 Å². The van der Waals surface area contributed by atoms with E-state index < -0.39 is 28.3 Å². The Morgan fingerprint density at radius 3 is 2.38 bits per heavy atom. The SMILES string of the molecule is COc1ccc(C)cc1S(=O)(=O)N(CCc1ccccc1)CC(=O)Nc1ccc(F)cc1. The molecule has 0 spiro atoms. The molecule has 6 nitrogen and oxygen atoms in total. The molecule has 3 aromatic carbocycles. The van der Waals surface area contributed by atoms with Crippen LogP contribution in [0.15, 0.2) is 77.7 Å². The number of hydrogen-bond acceptors (Lipinski definition) is 4. The van der Waals surface area contributed by atoms with Crippen LogP contribution in [0.4, 0.5) is 10.1 Å². The Bertz CT molecular complexity index is 1170. The maximum Gasteiger partial charge on any atom is 0.247 e. The zero-order chi connectivity index (χ0) is 23.1. The number of ether oxygens (including phenoxy) is 1. The Hall–Kier alpha value is -3.23. The van der Waals surface area contributed by atoms with Gasteiger partial charge in [0.05, 0.1) is 13.7 Å². The fraction of sp³-hybridized carbons (Fsp3) is 0.208. The van der Waals surface area contributed by atoms with Crippen molar-refractivity contribution in [2.75, 3.05) is 25.5 Å². The molecule has 0 heterocycles. The lowest BCUT2D eigenvalue weighted by Gasteiger charge is -2.23. The third kappa shape index (κ3) is 5.93. The lowest BCUT2D eigenvalue weighted by molar-refractivity contribution is -0.116. The van der Waals surface area contributed by atoms with Crippen molar-refractivity contribution in [3.8, 4) is 5.75 Å². The van der Waals surface area contributed by atoms with E-state index in [2.05, 4.69) is 5.32 Å². The van der Waals surface area contributed by atoms with E-state index in [0.29, 0.717) is 12.1 Å². The van der Waals surface area contributed by atoms with Gasteiger partial charge in [-0.25, -0.2) is 12.8 Å². The molecule has 8 heteroatoms. The topological polar surface area (TPSA) is 75.7 Å². The number of anilines is 1. The highest BCUT2D eigenvalue weighted by Gasteiger charge is 2.29. The van der Waals surface area contributed by atoms with Crippen molar-refractivity contribution in [3.05, 3.63) is 89.7 Å². The zero-order valence-corrected chi connectivity index (χ0v) is 18.7. The molecule has 0 aromatic heterocycles. The quantitative estimate of drug-likeness (QED) is 0.528. The lowest BCUT2D eigenvalue weighted by Crippen LogP contribution is -2.39. The normalized spacial score (nSPS) is 11.4. The van der Waals surface area contributed by atoms with Crippen LogP contribution in [0.5, 0.6) is 5.75 Å². The summed E-state index contributed by atoms with van der Waals surface area (Å²) in [5.74, 6) is -0.749. The Balaban J connectivity index is 1.88. The summed E-state index contributed by atoms with van der Waals surface area (Å²) in [5.41, 5.74) is 2.08. The van der Waals surface area contributed by atoms with Crippen molar-refractivity contribution in [2.45, 2.75) is 18.2 Å². The number of methoxy groups -OCH3 is 1. The van der Waals surface area contributed by atoms with Gasteiger partial charge in [0.1, 0.15) is 16.5 Å². The number of halogens is 1. The number of carbonyl (C=O) groups is 1. The van der Waals surface area contributed by atoms with E-state index in [1.165, 1.54) is 37.4 Å². The molecule has 0 aliphatic carbocycles. The summed E-state index contributed by atoms with van der Waals surface area (Å²) in [6.45, 7) is 1.48. The number of carbonyl (C=O) groups excluding carboxylic acids is 1. The van der Waals surface area contributed by atoms with Crippen molar-refractivity contribution in [1.82, 2.24) is 4.31 Å². The minimum Gasteiger partial charge on any atom is -0.495 e. The van der Waals surface area contributed by atoms with Crippen molar-refractivity contribution >= 4 is 21.6 Å². The second-order valence-corrected chi connectivity index (χ2v) is 9.19. The molecule has 3 aromatic rings. The van der Waals surface area contributed by atoms with Crippen LogP contribution in [-0.4, -0.2) is 38.8 Å². The Morgan fingerprint density at radius 1 is 1.03 bits per heavy atom. The van der Waals surface area contributed by atoms with Crippen LogP contribution in [0, 0.1) is 12.7 Å². The van der Waals surface area contributed by atoms with Gasteiger partial charge in [0.15, 0.2) is 0 Å². The summed E-state index contributed by atoms with van der Waals surface area (Å²) in [6.07, 6.45) is 0.429. The molecule has 168 valence electrons. The smallest absolute Gasteiger partial charge is 0.247 e. The highest BCUT2D eigenvalue weighted by Crippen LogP contribution is 2.28. The third-order valence-corrected chi connectivity index (χ3v) is 6.74. The highest BCUT2D eigenvalue weighted by atomic mass is 32.2. The van der Waals surface area contributed by atoms with Gasteiger partial charge in [-0.1, -0.05) is 36.4 Å². The maximum absolute atomic E-state index is 13.5. The largest absolute Gasteiger partial charge is 0.495 e. The number of nitrogens with one attached hydrogen (secondary N) is 1. The number of sulfonamides is 1. The van der Waals surface area contributed by atoms with Crippen LogP contribution in [0.3, 0.4) is 0 Å². The predicted molar refractivity (Wildman–Crippen MR) is 122 cm³/mol. The van der Waals surface area contributed by atoms with E-state index in [1.54, 1.807) is 19.1 Å². The van der Waals surface area contributed by atoms with E-state index in [0.717, 1.165) is 15.4 Å². The molecule has 0 fully saturated rings. The lowest BCUT2D eigenvalue weighted by atomic mass is 10.1. The number of hydrogen-bond donors (Lipinski definition) is 1. The van der Waals surface area contributed by atoms with Crippen LogP contribution in [0.1, 0.15) is 11.1 Å². The van der Waals surface area contributed by atoms with E-state index in [-0.39, 0.29) is 17.2 Å². The average Bonchev–Trinajstić information content (AvgIpc) is 2.78. The van der Waals surface area contributed by atoms with Gasteiger partial charge in [-0.05, 0) is 60.9 Å². The van der Waals surface area contributed by atoms with E-state index in [1.807, 2.05) is 30.3 Å². The molecule has 0 atom stereocenters. The van der Waals surface area contributed by atoms with Gasteiger partial charge >= 0.3 is 0 Å². The molecule has 3 rings (SSSR count). The number of rotatable bonds is 9. The van der Waals surface area contributed by atoms with Crippen molar-refractivity contribution in [2.24, 2.45) is 0 Å². The van der Waals surface area contributed by atoms with Crippen LogP contribution < -0.4 is 10.1 Å². The van der Waals surface area contributed by atoms with Gasteiger partial charge in [0, 0.05) is 12.2 Å². The first-order chi connectivity index (χ1) is 15.3. The molecule has 32 heavy (non-hydrogen) atoms. The first kappa shape index (κ1) is 23.4. The Morgan fingerprint density at radius 2 is 1.72 bits per heavy atom. The number of benzene rings is 3. The van der Waals surface area contributed by atoms with Gasteiger partial charge in [-0.3, -0.25) is 4.79 Å². The molecule has 0 radical (unpaired) electrons. The highest BCUT2D eigenvalue weighted by molar-refractivity contribution is 7.89. The summed E-state index contributed by atoms with van der Waals surface area (Å²) in [7, 11) is -2.64. The van der Waals surface area contributed by atoms with E-state index in [4.69, 9.17) is 4.74 Å². The summed E-state index contributed by atoms with van der Waals surface area (Å²) in [6, 6.07) is 19.6. The summed E-state index contributed by atoms with van der Waals surface area (Å²) < 4.78 is 46.6. The molecule has 0 bridgehead atoms. The van der Waals surface area contributed by atoms with Crippen molar-refractivity contribution in [3.63, 3.8) is 0 Å². The molecule has 0 aliphatic rings. The van der Waals surface area contributed by atoms with Gasteiger partial charge < -0.3 is 10.1 Å². The van der Waals surface area contributed by atoms with Crippen LogP contribution >= 0.6 is 0 Å². The first-order valence-corrected chi connectivity index (χ1v) is 11.5. The van der Waals surface area contributed by atoms with Crippen molar-refractivity contribution < 1.29 is 22.3 Å². The molecule has 0 aliphatic heterocycles. The fourth-order valence-electron chi connectivity index (χ4n) is 3.20. The number of amides is 1. The minimum absolute atomic E-state index is 0.00245. The van der Waals surface area contributed by atoms with E-state index in [9.17, 15) is 17.6 Å². The monoisotopic (exact) mass is 456 g/mol. The predicted octanol–water partition coefficient (Wildman–Crippen LogP) is 4.01. The van der Waals surface area contributed by atoms with Crippen LogP contribution in [-0.2, 0) is 21.2 Å². The minimum atomic E-state index is -4.04. The van der Waals surface area contributed by atoms with Gasteiger partial charge in [-0.15, -0.1) is 0 Å². The summed E-state index contributed by atoms with van der Waals surface area (Å²) >= 11 is 0. The molecule has 1 amide bonds. The molecule has 0 unspecified atom stereocenters. The molecular weight excluding hydrogens is 431 g/mol. The average molecular weight is 457 g/mol. The van der Waals surface area contributed by atoms with Crippen LogP contribution in [0.2, 0.25) is 0 Å². The molecule has 1 N–H and O–H groups in total. The number of nitrogens with zero attached hydrogens (tertiary/aromatic N) is 1. The maximum atomic E-state index is 13.5. The Kier molecular flexibility index (Phi) is 7.61. The van der Waals surface area contributed by atoms with E-state index >= 15 is 0 Å². The zero-order valence-electron chi connectivity index (χ0n) is 17.9. The first-order valence-electron chi connectivity index (χ1n) is 10.0. The van der Waals surface area contributed by atoms with Gasteiger partial charge in [0.25, 0.3) is 0 Å². The molecular formula is C24H25FN2O4S. The van der Waals surface area contributed by atoms with Crippen molar-refractivity contribution in [1.29, 1.82) is 0 Å². The summed E-state index contributed by atoms with van der Waals surface area (Å²) in [5, 5.41) is 2.62. The summed E-state index contributed by atoms with van der Waals surface area (Å²) in [4.78, 5) is 12.7. The fourth-order valence-corrected chi connectivity index (χ4v) is 4.84. The molecule has 0 saturated carbocycles. The Labute approximate surface area is 187 Å². The standard InChI is InChI=1S/C24H25FN2O4S/c1-18-8-13-22(31-2)23(16-18)32(29,30)27(15-14-19-6-4-3-5-7-19)17-24(28)26-21-11-9-20(25)10-12-21/h3-13,16H,14-15,17H2,1-2H3,(H,26,28). The second kappa shape index (κ2) is 10.4. The number of aryl methyl sites for hydroxylation is 1. The second-order valence-electron chi connectivity index (χ2n) is 7.28.